The van der Waals surface area contributed by atoms with Crippen LogP contribution in [-0.2, 0) is 22.2 Å². The molecule has 0 aliphatic carbocycles. The molecule has 2 aliphatic rings. The van der Waals surface area contributed by atoms with Gasteiger partial charge in [0.2, 0.25) is 11.8 Å². The highest BCUT2D eigenvalue weighted by Gasteiger charge is 2.37. The van der Waals surface area contributed by atoms with Crippen LogP contribution >= 0.6 is 0 Å². The van der Waals surface area contributed by atoms with Crippen LogP contribution in [0.5, 0.6) is 0 Å². The minimum atomic E-state index is -4.35. The maximum atomic E-state index is 13.0. The van der Waals surface area contributed by atoms with Crippen molar-refractivity contribution in [2.24, 2.45) is 5.92 Å². The highest BCUT2D eigenvalue weighted by molar-refractivity contribution is 6.09. The van der Waals surface area contributed by atoms with E-state index in [1.807, 2.05) is 29.2 Å². The number of alkyl halides is 3. The van der Waals surface area contributed by atoms with Crippen molar-refractivity contribution in [1.29, 1.82) is 0 Å². The molecule has 2 heterocycles. The van der Waals surface area contributed by atoms with E-state index in [1.54, 1.807) is 11.0 Å². The molecular weight excluding hydrogens is 457 g/mol. The van der Waals surface area contributed by atoms with Gasteiger partial charge in [-0.15, -0.1) is 0 Å². The van der Waals surface area contributed by atoms with Crippen molar-refractivity contribution in [3.05, 3.63) is 59.7 Å². The van der Waals surface area contributed by atoms with E-state index in [1.165, 1.54) is 17.7 Å². The summed E-state index contributed by atoms with van der Waals surface area (Å²) in [4.78, 5) is 31.2. The quantitative estimate of drug-likeness (QED) is 0.606. The Balaban J connectivity index is 1.21. The highest BCUT2D eigenvalue weighted by atomic mass is 19.4. The topological polar surface area (TPSA) is 55.9 Å². The van der Waals surface area contributed by atoms with Crippen LogP contribution in [0, 0.1) is 5.92 Å². The van der Waals surface area contributed by atoms with Gasteiger partial charge >= 0.3 is 6.18 Å². The summed E-state index contributed by atoms with van der Waals surface area (Å²) in [7, 11) is 0. The van der Waals surface area contributed by atoms with Gasteiger partial charge in [0.1, 0.15) is 5.92 Å². The van der Waals surface area contributed by atoms with Crippen molar-refractivity contribution in [3.63, 3.8) is 0 Å². The van der Waals surface area contributed by atoms with Gasteiger partial charge in [-0.25, -0.2) is 0 Å². The van der Waals surface area contributed by atoms with E-state index in [9.17, 15) is 22.8 Å². The predicted molar refractivity (Wildman–Crippen MR) is 129 cm³/mol. The Labute approximate surface area is 203 Å². The fraction of sp³-hybridized carbons (Fsp3) is 0.462. The molecule has 35 heavy (non-hydrogen) atoms. The Kier molecular flexibility index (Phi) is 7.64. The van der Waals surface area contributed by atoms with Crippen LogP contribution in [-0.4, -0.2) is 62.5 Å². The minimum absolute atomic E-state index is 0.165. The molecule has 1 N–H and O–H groups in total. The molecule has 0 spiro atoms. The Morgan fingerprint density at radius 2 is 1.71 bits per heavy atom. The Bertz CT molecular complexity index is 1030. The summed E-state index contributed by atoms with van der Waals surface area (Å²) >= 11 is 0. The van der Waals surface area contributed by atoms with Gasteiger partial charge in [-0.1, -0.05) is 25.1 Å². The number of carbonyl (C=O) groups is 2. The maximum absolute atomic E-state index is 13.0. The number of hydrogen-bond donors (Lipinski definition) is 1. The first-order valence-corrected chi connectivity index (χ1v) is 12.1. The third-order valence-corrected chi connectivity index (χ3v) is 6.82. The van der Waals surface area contributed by atoms with Crippen molar-refractivity contribution in [2.45, 2.75) is 25.9 Å². The maximum Gasteiger partial charge on any atom is 0.416 e. The minimum Gasteiger partial charge on any atom is -0.369 e. The summed E-state index contributed by atoms with van der Waals surface area (Å²) in [5, 5.41) is 2.89. The molecule has 2 fully saturated rings. The van der Waals surface area contributed by atoms with E-state index in [0.29, 0.717) is 57.9 Å². The molecule has 2 amide bonds. The van der Waals surface area contributed by atoms with Crippen LogP contribution in [0.3, 0.4) is 0 Å². The number of carbonyl (C=O) groups excluding carboxylic acids is 2. The first-order chi connectivity index (χ1) is 16.8. The zero-order valence-corrected chi connectivity index (χ0v) is 19.9. The van der Waals surface area contributed by atoms with Crippen molar-refractivity contribution in [2.75, 3.05) is 55.6 Å². The molecule has 0 radical (unpaired) electrons. The lowest BCUT2D eigenvalue weighted by Gasteiger charge is -2.36. The van der Waals surface area contributed by atoms with E-state index in [0.717, 1.165) is 18.2 Å². The standard InChI is InChI=1S/C26H31F3N4O2/c1-2-19-6-8-21(9-7-19)33-12-10-23(25(33)35)24(34)30-11-13-31-14-16-32(17-15-31)22-5-3-4-20(18-22)26(27,28)29/h3-9,18,23H,2,10-17H2,1H3,(H,30,34). The van der Waals surface area contributed by atoms with Crippen LogP contribution < -0.4 is 15.1 Å². The number of amides is 2. The molecule has 0 saturated carbocycles. The number of halogens is 3. The lowest BCUT2D eigenvalue weighted by atomic mass is 10.1. The Morgan fingerprint density at radius 3 is 2.37 bits per heavy atom. The summed E-state index contributed by atoms with van der Waals surface area (Å²) in [6.07, 6.45) is -2.93. The van der Waals surface area contributed by atoms with E-state index in [4.69, 9.17) is 0 Å². The van der Waals surface area contributed by atoms with Crippen LogP contribution in [0.1, 0.15) is 24.5 Å². The summed E-state index contributed by atoms with van der Waals surface area (Å²) in [5.74, 6) is -1.08. The first kappa shape index (κ1) is 25.0. The molecule has 1 atom stereocenters. The summed E-state index contributed by atoms with van der Waals surface area (Å²) in [6.45, 7) is 6.27. The fourth-order valence-electron chi connectivity index (χ4n) is 4.66. The lowest BCUT2D eigenvalue weighted by Crippen LogP contribution is -2.49. The van der Waals surface area contributed by atoms with Gasteiger partial charge in [0, 0.05) is 57.2 Å². The predicted octanol–water partition coefficient (Wildman–Crippen LogP) is 3.56. The second kappa shape index (κ2) is 10.7. The molecule has 0 bridgehead atoms. The van der Waals surface area contributed by atoms with Crippen LogP contribution in [0.25, 0.3) is 0 Å². The molecule has 1 unspecified atom stereocenters. The second-order valence-electron chi connectivity index (χ2n) is 9.02. The van der Waals surface area contributed by atoms with Gasteiger partial charge in [0.25, 0.3) is 0 Å². The molecule has 9 heteroatoms. The number of rotatable bonds is 7. The van der Waals surface area contributed by atoms with Gasteiger partial charge in [-0.2, -0.15) is 13.2 Å². The smallest absolute Gasteiger partial charge is 0.369 e. The highest BCUT2D eigenvalue weighted by Crippen LogP contribution is 2.32. The van der Waals surface area contributed by atoms with Crippen molar-refractivity contribution < 1.29 is 22.8 Å². The van der Waals surface area contributed by atoms with E-state index >= 15 is 0 Å². The van der Waals surface area contributed by atoms with Gasteiger partial charge in [-0.3, -0.25) is 14.5 Å². The largest absolute Gasteiger partial charge is 0.416 e. The third kappa shape index (κ3) is 5.96. The Hall–Kier alpha value is -3.07. The summed E-state index contributed by atoms with van der Waals surface area (Å²) in [5.41, 5.74) is 1.95. The van der Waals surface area contributed by atoms with Crippen molar-refractivity contribution in [3.8, 4) is 0 Å². The van der Waals surface area contributed by atoms with Crippen LogP contribution in [0.2, 0.25) is 0 Å². The summed E-state index contributed by atoms with van der Waals surface area (Å²) in [6, 6.07) is 13.3. The number of nitrogens with one attached hydrogen (secondary N) is 1. The van der Waals surface area contributed by atoms with Gasteiger partial charge < -0.3 is 15.1 Å². The van der Waals surface area contributed by atoms with E-state index in [-0.39, 0.29) is 11.8 Å². The average Bonchev–Trinajstić information content (AvgIpc) is 3.25. The summed E-state index contributed by atoms with van der Waals surface area (Å²) < 4.78 is 39.0. The lowest BCUT2D eigenvalue weighted by molar-refractivity contribution is -0.137. The molecule has 2 aromatic rings. The number of anilines is 2. The molecule has 2 aromatic carbocycles. The molecule has 2 aliphatic heterocycles. The molecule has 2 saturated heterocycles. The number of piperazine rings is 1. The monoisotopic (exact) mass is 488 g/mol. The van der Waals surface area contributed by atoms with E-state index in [2.05, 4.69) is 17.1 Å². The normalized spacial score (nSPS) is 19.3. The number of aryl methyl sites for hydroxylation is 1. The molecular formula is C26H31F3N4O2. The first-order valence-electron chi connectivity index (χ1n) is 12.1. The van der Waals surface area contributed by atoms with Crippen molar-refractivity contribution >= 4 is 23.2 Å². The molecule has 6 nitrogen and oxygen atoms in total. The van der Waals surface area contributed by atoms with Gasteiger partial charge in [0.15, 0.2) is 0 Å². The molecule has 188 valence electrons. The fourth-order valence-corrected chi connectivity index (χ4v) is 4.66. The van der Waals surface area contributed by atoms with Crippen LogP contribution in [0.4, 0.5) is 24.5 Å². The third-order valence-electron chi connectivity index (χ3n) is 6.82. The van der Waals surface area contributed by atoms with E-state index < -0.39 is 17.7 Å². The number of hydrogen-bond acceptors (Lipinski definition) is 4. The zero-order valence-electron chi connectivity index (χ0n) is 19.9. The SMILES string of the molecule is CCc1ccc(N2CCC(C(=O)NCCN3CCN(c4cccc(C(F)(F)F)c4)CC3)C2=O)cc1. The molecule has 4 rings (SSSR count). The van der Waals surface area contributed by atoms with Crippen LogP contribution in [0.15, 0.2) is 48.5 Å². The van der Waals surface area contributed by atoms with Crippen molar-refractivity contribution in [1.82, 2.24) is 10.2 Å². The van der Waals surface area contributed by atoms with Gasteiger partial charge in [-0.05, 0) is 48.7 Å². The average molecular weight is 489 g/mol. The zero-order chi connectivity index (χ0) is 25.0. The molecule has 0 aromatic heterocycles. The second-order valence-corrected chi connectivity index (χ2v) is 9.02. The van der Waals surface area contributed by atoms with Gasteiger partial charge in [0.05, 0.1) is 5.56 Å². The number of benzene rings is 2. The number of nitrogens with zero attached hydrogens (tertiary/aromatic N) is 3. The Morgan fingerprint density at radius 1 is 1.00 bits per heavy atom.